The minimum atomic E-state index is -0.692. The van der Waals surface area contributed by atoms with Crippen molar-refractivity contribution < 1.29 is 19.3 Å². The van der Waals surface area contributed by atoms with Gasteiger partial charge in [0, 0.05) is 24.6 Å². The van der Waals surface area contributed by atoms with Gasteiger partial charge in [0.1, 0.15) is 42.9 Å². The second-order valence-corrected chi connectivity index (χ2v) is 8.44. The van der Waals surface area contributed by atoms with Gasteiger partial charge in [0.25, 0.3) is 0 Å². The smallest absolute Gasteiger partial charge is 0.191 e. The molecule has 1 saturated heterocycles. The molecule has 14 heteroatoms. The number of benzene rings is 1. The van der Waals surface area contributed by atoms with Gasteiger partial charge < -0.3 is 30.8 Å². The van der Waals surface area contributed by atoms with E-state index in [9.17, 15) is 0 Å². The molecule has 202 valence electrons. The molecule has 0 saturated carbocycles. The Hall–Kier alpha value is -3.36. The van der Waals surface area contributed by atoms with Gasteiger partial charge in [-0.1, -0.05) is 13.8 Å². The SMILES string of the molecule is CC.CC(Oc1c(OC2COC2)cc(Br)c2ncnc(N)c12)c1ncn(C)n1.CN=CN=C(N)C(C)O. The van der Waals surface area contributed by atoms with Crippen molar-refractivity contribution in [3.05, 3.63) is 29.0 Å². The largest absolute Gasteiger partial charge is 0.482 e. The van der Waals surface area contributed by atoms with Gasteiger partial charge in [0.2, 0.25) is 0 Å². The molecule has 0 amide bonds. The van der Waals surface area contributed by atoms with E-state index in [0.29, 0.717) is 47.3 Å². The first-order chi connectivity index (χ1) is 17.7. The normalized spacial score (nSPS) is 15.2. The molecule has 0 aliphatic carbocycles. The number of nitrogen functional groups attached to an aromatic ring is 1. The molecule has 1 aromatic carbocycles. The fourth-order valence-electron chi connectivity index (χ4n) is 2.85. The minimum absolute atomic E-state index is 0.0316. The van der Waals surface area contributed by atoms with Crippen molar-refractivity contribution in [1.29, 1.82) is 0 Å². The number of ether oxygens (including phenoxy) is 3. The summed E-state index contributed by atoms with van der Waals surface area (Å²) in [6.07, 6.45) is 3.19. The van der Waals surface area contributed by atoms with Crippen molar-refractivity contribution in [2.24, 2.45) is 22.8 Å². The zero-order valence-electron chi connectivity index (χ0n) is 21.8. The lowest BCUT2D eigenvalue weighted by atomic mass is 10.2. The van der Waals surface area contributed by atoms with Gasteiger partial charge in [-0.05, 0) is 29.8 Å². The Bertz CT molecular complexity index is 1210. The third kappa shape index (κ3) is 8.06. The number of aromatic nitrogens is 5. The maximum atomic E-state index is 8.73. The summed E-state index contributed by atoms with van der Waals surface area (Å²) >= 11 is 3.52. The van der Waals surface area contributed by atoms with Crippen LogP contribution in [-0.4, -0.2) is 74.5 Å². The van der Waals surface area contributed by atoms with Crippen LogP contribution in [0.2, 0.25) is 0 Å². The number of anilines is 1. The molecule has 1 aliphatic rings. The molecule has 4 rings (SSSR count). The number of nitrogens with two attached hydrogens (primary N) is 2. The van der Waals surface area contributed by atoms with Crippen LogP contribution in [-0.2, 0) is 11.8 Å². The van der Waals surface area contributed by atoms with Gasteiger partial charge in [-0.25, -0.2) is 19.9 Å². The predicted molar refractivity (Wildman–Crippen MR) is 146 cm³/mol. The summed E-state index contributed by atoms with van der Waals surface area (Å²) in [6, 6.07) is 1.82. The van der Waals surface area contributed by atoms with E-state index in [2.05, 4.69) is 46.0 Å². The number of hydrogen-bond acceptors (Lipinski definition) is 10. The Kier molecular flexibility index (Phi) is 11.6. The zero-order chi connectivity index (χ0) is 27.5. The minimum Gasteiger partial charge on any atom is -0.482 e. The number of aliphatic hydroxyl groups is 1. The van der Waals surface area contributed by atoms with E-state index in [1.54, 1.807) is 32.0 Å². The Labute approximate surface area is 224 Å². The van der Waals surface area contributed by atoms with Crippen LogP contribution in [0.3, 0.4) is 0 Å². The van der Waals surface area contributed by atoms with E-state index in [4.69, 9.17) is 30.8 Å². The van der Waals surface area contributed by atoms with Crippen LogP contribution in [0.4, 0.5) is 5.82 Å². The topological polar surface area (TPSA) is 181 Å². The van der Waals surface area contributed by atoms with Crippen molar-refractivity contribution in [2.75, 3.05) is 26.0 Å². The number of amidine groups is 1. The van der Waals surface area contributed by atoms with Gasteiger partial charge in [-0.15, -0.1) is 0 Å². The Morgan fingerprint density at radius 1 is 1.30 bits per heavy atom. The fraction of sp³-hybridized carbons (Fsp3) is 0.478. The number of aryl methyl sites for hydroxylation is 1. The second kappa shape index (κ2) is 14.4. The second-order valence-electron chi connectivity index (χ2n) is 7.59. The van der Waals surface area contributed by atoms with Crippen LogP contribution >= 0.6 is 15.9 Å². The maximum absolute atomic E-state index is 8.73. The third-order valence-electron chi connectivity index (χ3n) is 4.74. The van der Waals surface area contributed by atoms with Crippen molar-refractivity contribution in [1.82, 2.24) is 24.7 Å². The summed E-state index contributed by atoms with van der Waals surface area (Å²) in [5.74, 6) is 2.05. The Balaban J connectivity index is 0.000000374. The van der Waals surface area contributed by atoms with E-state index in [0.717, 1.165) is 4.47 Å². The van der Waals surface area contributed by atoms with Gasteiger partial charge in [-0.2, -0.15) is 5.10 Å². The van der Waals surface area contributed by atoms with Crippen LogP contribution in [0.25, 0.3) is 10.9 Å². The lowest BCUT2D eigenvalue weighted by Gasteiger charge is -2.28. The maximum Gasteiger partial charge on any atom is 0.191 e. The predicted octanol–water partition coefficient (Wildman–Crippen LogP) is 2.43. The van der Waals surface area contributed by atoms with Crippen molar-refractivity contribution in [3.8, 4) is 11.5 Å². The van der Waals surface area contributed by atoms with Gasteiger partial charge >= 0.3 is 0 Å². The van der Waals surface area contributed by atoms with Crippen LogP contribution in [0.5, 0.6) is 11.5 Å². The first-order valence-corrected chi connectivity index (χ1v) is 12.4. The molecule has 2 aromatic heterocycles. The van der Waals surface area contributed by atoms with Gasteiger partial charge in [0.05, 0.1) is 24.1 Å². The quantitative estimate of drug-likeness (QED) is 0.277. The van der Waals surface area contributed by atoms with Crippen LogP contribution in [0.1, 0.15) is 39.6 Å². The Morgan fingerprint density at radius 3 is 2.54 bits per heavy atom. The highest BCUT2D eigenvalue weighted by molar-refractivity contribution is 9.10. The highest BCUT2D eigenvalue weighted by atomic mass is 79.9. The summed E-state index contributed by atoms with van der Waals surface area (Å²) in [5.41, 5.74) is 12.0. The molecule has 5 N–H and O–H groups in total. The molecular formula is C23H34BrN9O4. The average Bonchev–Trinajstić information content (AvgIpc) is 3.30. The standard InChI is InChI=1S/C16H17BrN6O3.C5H11N3O.C2H6/c1-8(16-21-7-23(2)22-16)25-14-11(26-9-4-24-5-9)3-10(17)13-12(14)15(18)20-6-19-13;1-4(9)5(6)8-3-7-2;1-2/h3,6-9H,4-5H2,1-2H3,(H2,18,19,20);3-4,9H,1-2H3,(H2,6,7,8);1-2H3. The lowest BCUT2D eigenvalue weighted by molar-refractivity contribution is -0.0806. The van der Waals surface area contributed by atoms with E-state index >= 15 is 0 Å². The lowest BCUT2D eigenvalue weighted by Crippen LogP contribution is -2.38. The molecule has 0 bridgehead atoms. The van der Waals surface area contributed by atoms with Crippen molar-refractivity contribution in [3.63, 3.8) is 0 Å². The first-order valence-electron chi connectivity index (χ1n) is 11.6. The number of halogens is 1. The van der Waals surface area contributed by atoms with Crippen LogP contribution < -0.4 is 20.9 Å². The molecule has 2 atom stereocenters. The molecule has 1 fully saturated rings. The molecule has 3 heterocycles. The summed E-state index contributed by atoms with van der Waals surface area (Å²) < 4.78 is 19.8. The average molecular weight is 580 g/mol. The number of aliphatic imine (C=N–C) groups is 2. The highest BCUT2D eigenvalue weighted by Crippen LogP contribution is 2.43. The molecule has 37 heavy (non-hydrogen) atoms. The number of aliphatic hydroxyl groups excluding tert-OH is 1. The summed E-state index contributed by atoms with van der Waals surface area (Å²) in [4.78, 5) is 19.8. The fourth-order valence-corrected chi connectivity index (χ4v) is 3.36. The van der Waals surface area contributed by atoms with Crippen LogP contribution in [0, 0.1) is 0 Å². The third-order valence-corrected chi connectivity index (χ3v) is 5.34. The van der Waals surface area contributed by atoms with E-state index < -0.39 is 12.2 Å². The van der Waals surface area contributed by atoms with E-state index in [1.165, 1.54) is 12.7 Å². The highest BCUT2D eigenvalue weighted by Gasteiger charge is 2.26. The number of fused-ring (bicyclic) bond motifs is 1. The van der Waals surface area contributed by atoms with Gasteiger partial charge in [-0.3, -0.25) is 9.67 Å². The number of rotatable bonds is 7. The summed E-state index contributed by atoms with van der Waals surface area (Å²) in [7, 11) is 3.38. The number of hydrogen-bond donors (Lipinski definition) is 3. The molecule has 1 aliphatic heterocycles. The van der Waals surface area contributed by atoms with Crippen LogP contribution in [0.15, 0.2) is 33.2 Å². The zero-order valence-corrected chi connectivity index (χ0v) is 23.4. The van der Waals surface area contributed by atoms with Crippen molar-refractivity contribution >= 4 is 44.8 Å². The monoisotopic (exact) mass is 579 g/mol. The molecule has 0 radical (unpaired) electrons. The molecular weight excluding hydrogens is 546 g/mol. The van der Waals surface area contributed by atoms with E-state index in [1.807, 2.05) is 26.8 Å². The number of nitrogens with zero attached hydrogens (tertiary/aromatic N) is 7. The molecule has 0 spiro atoms. The summed E-state index contributed by atoms with van der Waals surface area (Å²) in [6.45, 7) is 8.47. The van der Waals surface area contributed by atoms with E-state index in [-0.39, 0.29) is 11.9 Å². The van der Waals surface area contributed by atoms with Crippen molar-refractivity contribution in [2.45, 2.75) is 46.0 Å². The molecule has 2 unspecified atom stereocenters. The van der Waals surface area contributed by atoms with Gasteiger partial charge in [0.15, 0.2) is 23.4 Å². The summed E-state index contributed by atoms with van der Waals surface area (Å²) in [5, 5.41) is 13.6. The molecule has 13 nitrogen and oxygen atoms in total. The Morgan fingerprint density at radius 2 is 2.00 bits per heavy atom. The first kappa shape index (κ1) is 29.9. The molecule has 3 aromatic rings.